The lowest BCUT2D eigenvalue weighted by molar-refractivity contribution is 0.300. The molecule has 2 aliphatic carbocycles. The van der Waals surface area contributed by atoms with Gasteiger partial charge in [-0.25, -0.2) is 0 Å². The molecule has 0 spiro atoms. The maximum absolute atomic E-state index is 2.50. The van der Waals surface area contributed by atoms with Crippen LogP contribution in [0.2, 0.25) is 0 Å². The van der Waals surface area contributed by atoms with Gasteiger partial charge in [0.1, 0.15) is 0 Å². The topological polar surface area (TPSA) is 0 Å². The molecule has 31 heavy (non-hydrogen) atoms. The summed E-state index contributed by atoms with van der Waals surface area (Å²) in [5.41, 5.74) is 3.27. The normalized spacial score (nSPS) is 26.8. The first-order valence-corrected chi connectivity index (χ1v) is 14.4. The molecule has 176 valence electrons. The van der Waals surface area contributed by atoms with Crippen molar-refractivity contribution in [3.05, 3.63) is 35.4 Å². The predicted molar refractivity (Wildman–Crippen MR) is 138 cm³/mol. The molecular formula is C31H52. The van der Waals surface area contributed by atoms with E-state index in [4.69, 9.17) is 0 Å². The van der Waals surface area contributed by atoms with Gasteiger partial charge in [0, 0.05) is 0 Å². The first-order chi connectivity index (χ1) is 15.3. The number of hydrogen-bond donors (Lipinski definition) is 0. The second-order valence-electron chi connectivity index (χ2n) is 11.2. The average Bonchev–Trinajstić information content (AvgIpc) is 2.82. The molecule has 2 aliphatic rings. The summed E-state index contributed by atoms with van der Waals surface area (Å²) >= 11 is 0. The maximum atomic E-state index is 2.50. The fraction of sp³-hybridized carbons (Fsp3) is 0.806. The van der Waals surface area contributed by atoms with E-state index in [-0.39, 0.29) is 0 Å². The third kappa shape index (κ3) is 8.58. The minimum Gasteiger partial charge on any atom is -0.0654 e. The Labute approximate surface area is 195 Å². The molecule has 0 N–H and O–H groups in total. The second-order valence-corrected chi connectivity index (χ2v) is 11.2. The van der Waals surface area contributed by atoms with Crippen LogP contribution in [0, 0.1) is 11.8 Å². The number of benzene rings is 1. The highest BCUT2D eigenvalue weighted by molar-refractivity contribution is 5.28. The van der Waals surface area contributed by atoms with Crippen LogP contribution in [0.1, 0.15) is 159 Å². The van der Waals surface area contributed by atoms with E-state index in [1.54, 1.807) is 11.1 Å². The fourth-order valence-corrected chi connectivity index (χ4v) is 6.51. The molecular weight excluding hydrogens is 372 g/mol. The summed E-state index contributed by atoms with van der Waals surface area (Å²) in [4.78, 5) is 0. The summed E-state index contributed by atoms with van der Waals surface area (Å²) in [7, 11) is 0. The van der Waals surface area contributed by atoms with E-state index in [2.05, 4.69) is 38.1 Å². The van der Waals surface area contributed by atoms with Gasteiger partial charge < -0.3 is 0 Å². The van der Waals surface area contributed by atoms with E-state index in [9.17, 15) is 0 Å². The van der Waals surface area contributed by atoms with Crippen molar-refractivity contribution in [1.29, 1.82) is 0 Å². The van der Waals surface area contributed by atoms with Gasteiger partial charge in [0.2, 0.25) is 0 Å². The Balaban J connectivity index is 1.34. The van der Waals surface area contributed by atoms with Crippen LogP contribution in [-0.2, 0) is 0 Å². The van der Waals surface area contributed by atoms with Crippen molar-refractivity contribution in [2.24, 2.45) is 11.8 Å². The van der Waals surface area contributed by atoms with Crippen molar-refractivity contribution < 1.29 is 0 Å². The van der Waals surface area contributed by atoms with Gasteiger partial charge in [-0.1, -0.05) is 109 Å². The van der Waals surface area contributed by atoms with E-state index >= 15 is 0 Å². The molecule has 1 aromatic carbocycles. The van der Waals surface area contributed by atoms with E-state index in [1.165, 1.54) is 122 Å². The van der Waals surface area contributed by atoms with Gasteiger partial charge in [-0.2, -0.15) is 0 Å². The van der Waals surface area contributed by atoms with Crippen molar-refractivity contribution in [2.45, 2.75) is 148 Å². The molecule has 0 bridgehead atoms. The van der Waals surface area contributed by atoms with Crippen molar-refractivity contribution in [1.82, 2.24) is 0 Å². The van der Waals surface area contributed by atoms with Gasteiger partial charge in [-0.05, 0) is 86.2 Å². The third-order valence-electron chi connectivity index (χ3n) is 8.75. The quantitative estimate of drug-likeness (QED) is 0.276. The summed E-state index contributed by atoms with van der Waals surface area (Å²) in [5.74, 6) is 3.72. The van der Waals surface area contributed by atoms with E-state index in [0.29, 0.717) is 0 Å². The Bertz CT molecular complexity index is 554. The first kappa shape index (κ1) is 24.9. The molecule has 3 rings (SSSR count). The average molecular weight is 425 g/mol. The van der Waals surface area contributed by atoms with Crippen LogP contribution in [0.5, 0.6) is 0 Å². The molecule has 0 nitrogen and oxygen atoms in total. The summed E-state index contributed by atoms with van der Waals surface area (Å²) in [6, 6.07) is 10.0. The van der Waals surface area contributed by atoms with E-state index in [0.717, 1.165) is 23.7 Å². The summed E-state index contributed by atoms with van der Waals surface area (Å²) in [5, 5.41) is 0. The third-order valence-corrected chi connectivity index (χ3v) is 8.75. The van der Waals surface area contributed by atoms with Crippen LogP contribution in [0.25, 0.3) is 0 Å². The summed E-state index contributed by atoms with van der Waals surface area (Å²) < 4.78 is 0. The molecule has 2 saturated carbocycles. The van der Waals surface area contributed by atoms with Gasteiger partial charge >= 0.3 is 0 Å². The van der Waals surface area contributed by atoms with Gasteiger partial charge in [0.25, 0.3) is 0 Å². The molecule has 0 heteroatoms. The molecule has 0 saturated heterocycles. The molecule has 0 aliphatic heterocycles. The highest BCUT2D eigenvalue weighted by atomic mass is 14.3. The zero-order valence-corrected chi connectivity index (χ0v) is 21.1. The Morgan fingerprint density at radius 3 is 1.29 bits per heavy atom. The Kier molecular flexibility index (Phi) is 11.5. The van der Waals surface area contributed by atoms with Crippen LogP contribution in [-0.4, -0.2) is 0 Å². The van der Waals surface area contributed by atoms with Crippen molar-refractivity contribution >= 4 is 0 Å². The van der Waals surface area contributed by atoms with Crippen molar-refractivity contribution in [2.75, 3.05) is 0 Å². The minimum atomic E-state index is 0.837. The predicted octanol–water partition coefficient (Wildman–Crippen LogP) is 10.6. The molecule has 0 radical (unpaired) electrons. The lowest BCUT2D eigenvalue weighted by Gasteiger charge is -2.30. The molecule has 0 amide bonds. The summed E-state index contributed by atoms with van der Waals surface area (Å²) in [6.45, 7) is 4.63. The Morgan fingerprint density at radius 2 is 0.839 bits per heavy atom. The first-order valence-electron chi connectivity index (χ1n) is 14.4. The molecule has 0 atom stereocenters. The number of unbranched alkanes of at least 4 members (excludes halogenated alkanes) is 7. The zero-order chi connectivity index (χ0) is 21.7. The van der Waals surface area contributed by atoms with E-state index in [1.807, 2.05) is 0 Å². The lowest BCUT2D eigenvalue weighted by atomic mass is 9.75. The van der Waals surface area contributed by atoms with Gasteiger partial charge in [0.05, 0.1) is 0 Å². The fourth-order valence-electron chi connectivity index (χ4n) is 6.51. The molecule has 0 aromatic heterocycles. The largest absolute Gasteiger partial charge is 0.0654 e. The van der Waals surface area contributed by atoms with Crippen LogP contribution in [0.4, 0.5) is 0 Å². The van der Waals surface area contributed by atoms with Gasteiger partial charge in [-0.3, -0.25) is 0 Å². The smallest absolute Gasteiger partial charge is 0.0162 e. The minimum absolute atomic E-state index is 0.837. The maximum Gasteiger partial charge on any atom is -0.0162 e. The van der Waals surface area contributed by atoms with Crippen molar-refractivity contribution in [3.63, 3.8) is 0 Å². The van der Waals surface area contributed by atoms with Crippen LogP contribution < -0.4 is 0 Å². The monoisotopic (exact) mass is 424 g/mol. The Morgan fingerprint density at radius 1 is 0.484 bits per heavy atom. The molecule has 1 aromatic rings. The lowest BCUT2D eigenvalue weighted by Crippen LogP contribution is -2.14. The molecule has 0 heterocycles. The standard InChI is InChI=1S/C31H52/c1-3-5-7-8-9-11-13-27-16-20-29(21-17-27)31-24-22-30(23-25-31)28-18-14-26(15-19-28)12-10-6-4-2/h22-29H,3-21H2,1-2H3/t26-,27-,28-,29-. The van der Waals surface area contributed by atoms with Crippen LogP contribution in [0.3, 0.4) is 0 Å². The zero-order valence-electron chi connectivity index (χ0n) is 21.1. The van der Waals surface area contributed by atoms with E-state index < -0.39 is 0 Å². The molecule has 0 unspecified atom stereocenters. The highest BCUT2D eigenvalue weighted by Gasteiger charge is 2.24. The van der Waals surface area contributed by atoms with Crippen LogP contribution >= 0.6 is 0 Å². The van der Waals surface area contributed by atoms with Gasteiger partial charge in [0.15, 0.2) is 0 Å². The number of rotatable bonds is 13. The van der Waals surface area contributed by atoms with Crippen LogP contribution in [0.15, 0.2) is 24.3 Å². The Hall–Kier alpha value is -0.780. The second kappa shape index (κ2) is 14.4. The summed E-state index contributed by atoms with van der Waals surface area (Å²) in [6.07, 6.45) is 27.5. The van der Waals surface area contributed by atoms with Crippen molar-refractivity contribution in [3.8, 4) is 0 Å². The van der Waals surface area contributed by atoms with Gasteiger partial charge in [-0.15, -0.1) is 0 Å². The molecule has 2 fully saturated rings. The number of hydrogen-bond acceptors (Lipinski definition) is 0. The SMILES string of the molecule is CCCCCCCC[C@H]1CC[C@H](c2ccc([C@H]3CC[C@H](CCCCC)CC3)cc2)CC1. The highest BCUT2D eigenvalue weighted by Crippen LogP contribution is 2.40.